The summed E-state index contributed by atoms with van der Waals surface area (Å²) in [7, 11) is 0. The lowest BCUT2D eigenvalue weighted by molar-refractivity contribution is -0.120. The van der Waals surface area contributed by atoms with Crippen molar-refractivity contribution in [2.75, 3.05) is 32.8 Å². The summed E-state index contributed by atoms with van der Waals surface area (Å²) in [6.07, 6.45) is 8.08. The maximum absolute atomic E-state index is 12.2. The van der Waals surface area contributed by atoms with Gasteiger partial charge in [0.2, 0.25) is 5.91 Å². The highest BCUT2D eigenvalue weighted by Gasteiger charge is 2.17. The molecule has 1 saturated heterocycles. The van der Waals surface area contributed by atoms with Crippen LogP contribution in [0.15, 0.2) is 24.3 Å². The lowest BCUT2D eigenvalue weighted by atomic mass is 10.0. The molecular formula is C23H37N3O3. The summed E-state index contributed by atoms with van der Waals surface area (Å²) in [5, 5.41) is 5.55. The first-order valence-corrected chi connectivity index (χ1v) is 11.1. The van der Waals surface area contributed by atoms with E-state index in [-0.39, 0.29) is 18.4 Å². The maximum Gasteiger partial charge on any atom is 0.251 e. The highest BCUT2D eigenvalue weighted by atomic mass is 16.5. The van der Waals surface area contributed by atoms with Crippen molar-refractivity contribution < 1.29 is 14.3 Å². The van der Waals surface area contributed by atoms with Gasteiger partial charge in [-0.3, -0.25) is 9.59 Å². The number of benzene rings is 1. The second kappa shape index (κ2) is 13.2. The summed E-state index contributed by atoms with van der Waals surface area (Å²) in [6, 6.07) is 7.69. The first kappa shape index (κ1) is 23.2. The lowest BCUT2D eigenvalue weighted by Crippen LogP contribution is -2.39. The molecule has 0 radical (unpaired) electrons. The Hall–Kier alpha value is -2.08. The average molecular weight is 404 g/mol. The van der Waals surface area contributed by atoms with Gasteiger partial charge in [0, 0.05) is 18.2 Å². The van der Waals surface area contributed by atoms with E-state index in [0.717, 1.165) is 38.0 Å². The van der Waals surface area contributed by atoms with E-state index >= 15 is 0 Å². The zero-order valence-corrected chi connectivity index (χ0v) is 18.0. The lowest BCUT2D eigenvalue weighted by Gasteiger charge is -2.33. The van der Waals surface area contributed by atoms with Gasteiger partial charge in [0.25, 0.3) is 5.91 Å². The molecule has 6 nitrogen and oxygen atoms in total. The van der Waals surface area contributed by atoms with Crippen molar-refractivity contribution in [3.63, 3.8) is 0 Å². The Kier molecular flexibility index (Phi) is 10.6. The van der Waals surface area contributed by atoms with Crippen LogP contribution in [-0.2, 0) is 4.79 Å². The molecule has 0 spiro atoms. The first-order chi connectivity index (χ1) is 14.1. The van der Waals surface area contributed by atoms with E-state index in [4.69, 9.17) is 4.74 Å². The Morgan fingerprint density at radius 2 is 1.90 bits per heavy atom. The Balaban J connectivity index is 1.56. The van der Waals surface area contributed by atoms with Crippen LogP contribution in [0.25, 0.3) is 0 Å². The van der Waals surface area contributed by atoms with E-state index in [2.05, 4.69) is 29.4 Å². The molecule has 2 rings (SSSR count). The number of hydrogen-bond acceptors (Lipinski definition) is 4. The zero-order chi connectivity index (χ0) is 20.9. The van der Waals surface area contributed by atoms with Crippen LogP contribution in [0, 0.1) is 0 Å². The van der Waals surface area contributed by atoms with Crippen LogP contribution in [0.3, 0.4) is 0 Å². The monoisotopic (exact) mass is 403 g/mol. The quantitative estimate of drug-likeness (QED) is 0.525. The minimum absolute atomic E-state index is 0.00323. The molecule has 0 aliphatic carbocycles. The third kappa shape index (κ3) is 8.86. The van der Waals surface area contributed by atoms with E-state index in [1.807, 2.05) is 0 Å². The van der Waals surface area contributed by atoms with Gasteiger partial charge in [-0.2, -0.15) is 0 Å². The summed E-state index contributed by atoms with van der Waals surface area (Å²) in [6.45, 7) is 8.05. The van der Waals surface area contributed by atoms with Gasteiger partial charge in [0.15, 0.2) is 0 Å². The smallest absolute Gasteiger partial charge is 0.251 e. The Bertz CT molecular complexity index is 618. The molecule has 2 N–H and O–H groups in total. The van der Waals surface area contributed by atoms with Gasteiger partial charge in [-0.05, 0) is 76.4 Å². The van der Waals surface area contributed by atoms with Gasteiger partial charge < -0.3 is 20.3 Å². The van der Waals surface area contributed by atoms with Crippen molar-refractivity contribution >= 4 is 11.8 Å². The first-order valence-electron chi connectivity index (χ1n) is 11.1. The standard InChI is InChI=1S/C23H37N3O3/c1-3-4-17-29-21-12-10-20(11-13-21)23(28)25-18-22(27)24-14-6-8-16-26-15-7-5-9-19(26)2/h10-13,19H,3-9,14-18H2,1-2H3,(H,24,27)(H,25,28). The van der Waals surface area contributed by atoms with Crippen LogP contribution in [0.5, 0.6) is 5.75 Å². The van der Waals surface area contributed by atoms with Crippen LogP contribution in [-0.4, -0.2) is 55.5 Å². The fourth-order valence-corrected chi connectivity index (χ4v) is 3.52. The molecular weight excluding hydrogens is 366 g/mol. The molecule has 0 saturated carbocycles. The fourth-order valence-electron chi connectivity index (χ4n) is 3.52. The number of piperidine rings is 1. The SMILES string of the molecule is CCCCOc1ccc(C(=O)NCC(=O)NCCCCN2CCCCC2C)cc1. The van der Waals surface area contributed by atoms with Crippen LogP contribution in [0.2, 0.25) is 0 Å². The largest absolute Gasteiger partial charge is 0.494 e. The summed E-state index contributed by atoms with van der Waals surface area (Å²) in [5.74, 6) is 0.357. The molecule has 162 valence electrons. The second-order valence-electron chi connectivity index (χ2n) is 7.85. The number of amides is 2. The highest BCUT2D eigenvalue weighted by Crippen LogP contribution is 2.16. The minimum Gasteiger partial charge on any atom is -0.494 e. The molecule has 29 heavy (non-hydrogen) atoms. The Morgan fingerprint density at radius 3 is 2.62 bits per heavy atom. The van der Waals surface area contributed by atoms with E-state index in [0.29, 0.717) is 24.8 Å². The number of ether oxygens (including phenoxy) is 1. The third-order valence-electron chi connectivity index (χ3n) is 5.43. The molecule has 1 unspecified atom stereocenters. The molecule has 6 heteroatoms. The molecule has 1 aliphatic rings. The summed E-state index contributed by atoms with van der Waals surface area (Å²) >= 11 is 0. The van der Waals surface area contributed by atoms with Crippen LogP contribution in [0.4, 0.5) is 0 Å². The number of rotatable bonds is 12. The van der Waals surface area contributed by atoms with Crippen LogP contribution in [0.1, 0.15) is 69.2 Å². The van der Waals surface area contributed by atoms with Crippen molar-refractivity contribution in [1.82, 2.24) is 15.5 Å². The van der Waals surface area contributed by atoms with Gasteiger partial charge in [-0.1, -0.05) is 19.8 Å². The van der Waals surface area contributed by atoms with Crippen molar-refractivity contribution in [1.29, 1.82) is 0 Å². The van der Waals surface area contributed by atoms with Crippen LogP contribution < -0.4 is 15.4 Å². The van der Waals surface area contributed by atoms with E-state index in [1.165, 1.54) is 25.8 Å². The molecule has 1 heterocycles. The predicted molar refractivity (Wildman–Crippen MR) is 116 cm³/mol. The molecule has 1 aromatic carbocycles. The maximum atomic E-state index is 12.2. The number of nitrogens with one attached hydrogen (secondary N) is 2. The molecule has 1 fully saturated rings. The van der Waals surface area contributed by atoms with Gasteiger partial charge in [0.1, 0.15) is 5.75 Å². The second-order valence-corrected chi connectivity index (χ2v) is 7.85. The van der Waals surface area contributed by atoms with Crippen LogP contribution >= 0.6 is 0 Å². The van der Waals surface area contributed by atoms with E-state index < -0.39 is 0 Å². The van der Waals surface area contributed by atoms with Crippen molar-refractivity contribution in [3.8, 4) is 5.75 Å². The van der Waals surface area contributed by atoms with Gasteiger partial charge >= 0.3 is 0 Å². The predicted octanol–water partition coefficient (Wildman–Crippen LogP) is 3.37. The number of hydrogen-bond donors (Lipinski definition) is 2. The number of nitrogens with zero attached hydrogens (tertiary/aromatic N) is 1. The third-order valence-corrected chi connectivity index (χ3v) is 5.43. The zero-order valence-electron chi connectivity index (χ0n) is 18.0. The topological polar surface area (TPSA) is 70.7 Å². The van der Waals surface area contributed by atoms with Crippen molar-refractivity contribution in [3.05, 3.63) is 29.8 Å². The molecule has 0 bridgehead atoms. The molecule has 1 atom stereocenters. The minimum atomic E-state index is -0.251. The van der Waals surface area contributed by atoms with Gasteiger partial charge in [0.05, 0.1) is 13.2 Å². The molecule has 1 aliphatic heterocycles. The van der Waals surface area contributed by atoms with Crippen molar-refractivity contribution in [2.45, 2.75) is 64.8 Å². The molecule has 2 amide bonds. The number of likely N-dealkylation sites (tertiary alicyclic amines) is 1. The number of carbonyl (C=O) groups excluding carboxylic acids is 2. The number of unbranched alkanes of at least 4 members (excludes halogenated alkanes) is 2. The van der Waals surface area contributed by atoms with E-state index in [9.17, 15) is 9.59 Å². The molecule has 0 aromatic heterocycles. The fraction of sp³-hybridized carbons (Fsp3) is 0.652. The summed E-state index contributed by atoms with van der Waals surface area (Å²) < 4.78 is 5.59. The highest BCUT2D eigenvalue weighted by molar-refractivity contribution is 5.96. The Labute approximate surface area is 175 Å². The average Bonchev–Trinajstić information content (AvgIpc) is 2.73. The van der Waals surface area contributed by atoms with Gasteiger partial charge in [-0.15, -0.1) is 0 Å². The summed E-state index contributed by atoms with van der Waals surface area (Å²) in [4.78, 5) is 26.7. The summed E-state index contributed by atoms with van der Waals surface area (Å²) in [5.41, 5.74) is 0.524. The normalized spacial score (nSPS) is 17.0. The number of carbonyl (C=O) groups is 2. The Morgan fingerprint density at radius 1 is 1.10 bits per heavy atom. The van der Waals surface area contributed by atoms with Crippen molar-refractivity contribution in [2.24, 2.45) is 0 Å². The van der Waals surface area contributed by atoms with E-state index in [1.54, 1.807) is 24.3 Å². The molecule has 1 aromatic rings. The van der Waals surface area contributed by atoms with Gasteiger partial charge in [-0.25, -0.2) is 0 Å².